The molecule has 1 aliphatic heterocycles. The Morgan fingerprint density at radius 3 is 2.56 bits per heavy atom. The third-order valence-electron chi connectivity index (χ3n) is 4.48. The number of anilines is 1. The fraction of sp³-hybridized carbons (Fsp3) is 0.412. The van der Waals surface area contributed by atoms with Gasteiger partial charge in [0.15, 0.2) is 18.1 Å². The van der Waals surface area contributed by atoms with Gasteiger partial charge < -0.3 is 16.0 Å². The number of quaternary nitrogens is 1. The molecular formula is C17H23N6O2+. The summed E-state index contributed by atoms with van der Waals surface area (Å²) in [6, 6.07) is 9.14. The molecule has 0 spiro atoms. The summed E-state index contributed by atoms with van der Waals surface area (Å²) in [5, 5.41) is 11.0. The van der Waals surface area contributed by atoms with Crippen molar-refractivity contribution in [1.82, 2.24) is 15.0 Å². The van der Waals surface area contributed by atoms with Gasteiger partial charge in [-0.05, 0) is 30.9 Å². The van der Waals surface area contributed by atoms with Crippen LogP contribution < -0.4 is 16.0 Å². The molecule has 1 saturated heterocycles. The van der Waals surface area contributed by atoms with Crippen LogP contribution in [-0.4, -0.2) is 46.4 Å². The van der Waals surface area contributed by atoms with Crippen LogP contribution in [0.5, 0.6) is 0 Å². The molecule has 1 aromatic carbocycles. The van der Waals surface area contributed by atoms with Crippen molar-refractivity contribution in [2.45, 2.75) is 19.8 Å². The van der Waals surface area contributed by atoms with Crippen molar-refractivity contribution in [1.29, 1.82) is 0 Å². The Balaban J connectivity index is 1.71. The number of carbonyl (C=O) groups is 2. The van der Waals surface area contributed by atoms with Crippen LogP contribution in [0.4, 0.5) is 5.82 Å². The number of nitrogens with one attached hydrogen (secondary N) is 2. The van der Waals surface area contributed by atoms with E-state index in [1.807, 2.05) is 18.2 Å². The predicted molar refractivity (Wildman–Crippen MR) is 92.5 cm³/mol. The zero-order chi connectivity index (χ0) is 17.8. The van der Waals surface area contributed by atoms with Gasteiger partial charge in [-0.3, -0.25) is 9.59 Å². The fourth-order valence-corrected chi connectivity index (χ4v) is 2.98. The summed E-state index contributed by atoms with van der Waals surface area (Å²) in [6.07, 6.45) is 2.25. The highest BCUT2D eigenvalue weighted by atomic mass is 16.2. The minimum Gasteiger partial charge on any atom is -0.364 e. The molecule has 4 N–H and O–H groups in total. The number of hydrogen-bond donors (Lipinski definition) is 3. The molecule has 8 nitrogen and oxygen atoms in total. The van der Waals surface area contributed by atoms with Gasteiger partial charge in [0.2, 0.25) is 0 Å². The third kappa shape index (κ3) is 4.21. The molecule has 2 amide bonds. The maximum atomic E-state index is 12.3. The number of nitrogens with zero attached hydrogens (tertiary/aromatic N) is 3. The monoisotopic (exact) mass is 343 g/mol. The second kappa shape index (κ2) is 7.43. The number of hydrogen-bond acceptors (Lipinski definition) is 4. The zero-order valence-electron chi connectivity index (χ0n) is 14.2. The summed E-state index contributed by atoms with van der Waals surface area (Å²) in [4.78, 5) is 26.5. The molecule has 2 aromatic rings. The van der Waals surface area contributed by atoms with E-state index in [1.165, 1.54) is 9.70 Å². The van der Waals surface area contributed by atoms with Crippen molar-refractivity contribution in [2.75, 3.05) is 25.0 Å². The maximum absolute atomic E-state index is 12.3. The second-order valence-corrected chi connectivity index (χ2v) is 6.54. The van der Waals surface area contributed by atoms with Crippen LogP contribution in [0.3, 0.4) is 0 Å². The SMILES string of the molecule is CC1CC[NH+](CC(=O)Nc2nn(-c3ccccc3)nc2C(N)=O)CC1. The smallest absolute Gasteiger partial charge is 0.280 e. The van der Waals surface area contributed by atoms with E-state index in [2.05, 4.69) is 22.4 Å². The summed E-state index contributed by atoms with van der Waals surface area (Å²) in [6.45, 7) is 4.54. The van der Waals surface area contributed by atoms with E-state index in [1.54, 1.807) is 12.1 Å². The van der Waals surface area contributed by atoms with Crippen molar-refractivity contribution < 1.29 is 14.5 Å². The fourth-order valence-electron chi connectivity index (χ4n) is 2.98. The van der Waals surface area contributed by atoms with Gasteiger partial charge >= 0.3 is 0 Å². The maximum Gasteiger partial charge on any atom is 0.280 e. The van der Waals surface area contributed by atoms with Gasteiger partial charge in [0.05, 0.1) is 18.8 Å². The van der Waals surface area contributed by atoms with E-state index in [9.17, 15) is 9.59 Å². The Bertz CT molecular complexity index is 750. The van der Waals surface area contributed by atoms with Crippen LogP contribution >= 0.6 is 0 Å². The van der Waals surface area contributed by atoms with Crippen LogP contribution in [0.25, 0.3) is 5.69 Å². The number of amides is 2. The molecule has 0 atom stereocenters. The summed E-state index contributed by atoms with van der Waals surface area (Å²) >= 11 is 0. The van der Waals surface area contributed by atoms with Gasteiger partial charge in [0.25, 0.3) is 11.8 Å². The Labute approximate surface area is 146 Å². The van der Waals surface area contributed by atoms with Crippen LogP contribution in [0.2, 0.25) is 0 Å². The van der Waals surface area contributed by atoms with Crippen molar-refractivity contribution in [2.24, 2.45) is 11.7 Å². The first-order valence-electron chi connectivity index (χ1n) is 8.49. The molecule has 0 saturated carbocycles. The number of likely N-dealkylation sites (tertiary alicyclic amines) is 1. The van der Waals surface area contributed by atoms with E-state index in [0.29, 0.717) is 12.2 Å². The Hall–Kier alpha value is -2.74. The lowest BCUT2D eigenvalue weighted by molar-refractivity contribution is -0.897. The Kier molecular flexibility index (Phi) is 5.08. The van der Waals surface area contributed by atoms with Gasteiger partial charge in [0.1, 0.15) is 0 Å². The lowest BCUT2D eigenvalue weighted by Crippen LogP contribution is -3.14. The van der Waals surface area contributed by atoms with Crippen molar-refractivity contribution in [3.05, 3.63) is 36.0 Å². The summed E-state index contributed by atoms with van der Waals surface area (Å²) in [5.41, 5.74) is 6.01. The molecule has 132 valence electrons. The second-order valence-electron chi connectivity index (χ2n) is 6.54. The highest BCUT2D eigenvalue weighted by Crippen LogP contribution is 2.13. The lowest BCUT2D eigenvalue weighted by Gasteiger charge is -2.26. The molecule has 25 heavy (non-hydrogen) atoms. The number of aromatic nitrogens is 3. The molecule has 8 heteroatoms. The topological polar surface area (TPSA) is 107 Å². The largest absolute Gasteiger partial charge is 0.364 e. The molecule has 1 aliphatic rings. The van der Waals surface area contributed by atoms with Crippen molar-refractivity contribution in [3.63, 3.8) is 0 Å². The lowest BCUT2D eigenvalue weighted by atomic mass is 9.99. The predicted octanol–water partition coefficient (Wildman–Crippen LogP) is -0.380. The van der Waals surface area contributed by atoms with Crippen molar-refractivity contribution in [3.8, 4) is 5.69 Å². The van der Waals surface area contributed by atoms with Crippen LogP contribution in [0.1, 0.15) is 30.3 Å². The molecule has 0 radical (unpaired) electrons. The first-order chi connectivity index (χ1) is 12.0. The van der Waals surface area contributed by atoms with Crippen molar-refractivity contribution >= 4 is 17.6 Å². The standard InChI is InChI=1S/C17H22N6O2/c1-12-7-9-22(10-8-12)11-14(24)19-17-15(16(18)25)20-23(21-17)13-5-3-2-4-6-13/h2-6,12H,7-11H2,1H3,(H2,18,25)(H,19,21,24)/p+1. The van der Waals surface area contributed by atoms with E-state index < -0.39 is 5.91 Å². The Morgan fingerprint density at radius 2 is 1.92 bits per heavy atom. The van der Waals surface area contributed by atoms with Gasteiger partial charge in [-0.15, -0.1) is 15.0 Å². The van der Waals surface area contributed by atoms with E-state index >= 15 is 0 Å². The van der Waals surface area contributed by atoms with Gasteiger partial charge in [0, 0.05) is 0 Å². The normalized spacial score (nSPS) is 20.2. The molecule has 1 aromatic heterocycles. The minimum atomic E-state index is -0.725. The molecule has 0 unspecified atom stereocenters. The summed E-state index contributed by atoms with van der Waals surface area (Å²) < 4.78 is 0. The number of piperidine rings is 1. The van der Waals surface area contributed by atoms with Gasteiger partial charge in [-0.25, -0.2) is 0 Å². The Morgan fingerprint density at radius 1 is 1.24 bits per heavy atom. The zero-order valence-corrected chi connectivity index (χ0v) is 14.2. The van der Waals surface area contributed by atoms with E-state index in [4.69, 9.17) is 5.73 Å². The highest BCUT2D eigenvalue weighted by molar-refractivity contribution is 6.00. The number of rotatable bonds is 5. The molecule has 1 fully saturated rings. The van der Waals surface area contributed by atoms with Gasteiger partial charge in [-0.2, -0.15) is 0 Å². The number of para-hydroxylation sites is 1. The number of primary amides is 1. The van der Waals surface area contributed by atoms with Crippen LogP contribution in [-0.2, 0) is 4.79 Å². The first kappa shape index (κ1) is 17.1. The first-order valence-corrected chi connectivity index (χ1v) is 8.49. The molecule has 0 bridgehead atoms. The summed E-state index contributed by atoms with van der Waals surface area (Å²) in [7, 11) is 0. The van der Waals surface area contributed by atoms with E-state index in [0.717, 1.165) is 31.8 Å². The number of benzene rings is 1. The molecular weight excluding hydrogens is 320 g/mol. The van der Waals surface area contributed by atoms with E-state index in [-0.39, 0.29) is 17.4 Å². The highest BCUT2D eigenvalue weighted by Gasteiger charge is 2.24. The average Bonchev–Trinajstić information content (AvgIpc) is 3.02. The van der Waals surface area contributed by atoms with Crippen LogP contribution in [0.15, 0.2) is 30.3 Å². The number of carbonyl (C=O) groups excluding carboxylic acids is 2. The quantitative estimate of drug-likeness (QED) is 0.688. The van der Waals surface area contributed by atoms with Gasteiger partial charge in [-0.1, -0.05) is 25.1 Å². The molecule has 0 aliphatic carbocycles. The molecule has 3 rings (SSSR count). The summed E-state index contributed by atoms with van der Waals surface area (Å²) in [5.74, 6) is -0.0889. The third-order valence-corrected chi connectivity index (χ3v) is 4.48. The number of nitrogens with two attached hydrogens (primary N) is 1. The minimum absolute atomic E-state index is 0.0422. The molecule has 2 heterocycles. The average molecular weight is 343 g/mol. The van der Waals surface area contributed by atoms with Crippen LogP contribution in [0, 0.1) is 5.92 Å².